The van der Waals surface area contributed by atoms with Crippen molar-refractivity contribution >= 4 is 31.6 Å². The number of halogens is 1. The Labute approximate surface area is 132 Å². The number of sulfone groups is 1. The maximum Gasteiger partial charge on any atom is 0.183 e. The number of aromatic nitrogens is 2. The lowest BCUT2D eigenvalue weighted by Crippen LogP contribution is -2.46. The highest BCUT2D eigenvalue weighted by atomic mass is 79.9. The third-order valence-electron chi connectivity index (χ3n) is 3.30. The van der Waals surface area contributed by atoms with Crippen LogP contribution in [0.2, 0.25) is 0 Å². The minimum absolute atomic E-state index is 0.00255. The molecule has 1 fully saturated rings. The van der Waals surface area contributed by atoms with Gasteiger partial charge in [-0.15, -0.1) is 0 Å². The Morgan fingerprint density at radius 2 is 2.38 bits per heavy atom. The Bertz CT molecular complexity index is 614. The third kappa shape index (κ3) is 4.35. The van der Waals surface area contributed by atoms with E-state index in [1.165, 1.54) is 0 Å². The zero-order chi connectivity index (χ0) is 15.5. The number of hydrogen-bond acceptors (Lipinski definition) is 6. The van der Waals surface area contributed by atoms with Gasteiger partial charge in [-0.3, -0.25) is 9.48 Å². The van der Waals surface area contributed by atoms with Gasteiger partial charge in [0, 0.05) is 26.1 Å². The lowest BCUT2D eigenvalue weighted by Gasteiger charge is -2.23. The van der Waals surface area contributed by atoms with Gasteiger partial charge in [-0.2, -0.15) is 5.10 Å². The van der Waals surface area contributed by atoms with Crippen LogP contribution < -0.4 is 5.32 Å². The molecule has 21 heavy (non-hydrogen) atoms. The molecule has 1 aromatic heterocycles. The van der Waals surface area contributed by atoms with E-state index in [4.69, 9.17) is 4.74 Å². The Balaban J connectivity index is 2.08. The molecule has 1 N–H and O–H groups in total. The molecule has 1 aliphatic heterocycles. The minimum Gasteiger partial charge on any atom is -0.383 e. The Hall–Kier alpha value is -0.770. The smallest absolute Gasteiger partial charge is 0.183 e. The van der Waals surface area contributed by atoms with Crippen LogP contribution in [-0.2, 0) is 21.1 Å². The molecular formula is C12H18BrN3O4S. The van der Waals surface area contributed by atoms with Crippen LogP contribution in [0.25, 0.3) is 0 Å². The van der Waals surface area contributed by atoms with Gasteiger partial charge in [0.05, 0.1) is 35.3 Å². The highest BCUT2D eigenvalue weighted by molar-refractivity contribution is 9.10. The first-order chi connectivity index (χ1) is 9.93. The Morgan fingerprint density at radius 1 is 1.62 bits per heavy atom. The summed E-state index contributed by atoms with van der Waals surface area (Å²) < 4.78 is 30.4. The number of carbonyl (C=O) groups excluding carboxylic acids is 1. The monoisotopic (exact) mass is 379 g/mol. The highest BCUT2D eigenvalue weighted by Crippen LogP contribution is 2.19. The van der Waals surface area contributed by atoms with Crippen molar-refractivity contribution in [1.82, 2.24) is 15.1 Å². The zero-order valence-electron chi connectivity index (χ0n) is 11.7. The van der Waals surface area contributed by atoms with Crippen molar-refractivity contribution in [2.75, 3.05) is 31.8 Å². The second-order valence-corrected chi connectivity index (χ2v) is 8.03. The fourth-order valence-electron chi connectivity index (χ4n) is 2.31. The number of methoxy groups -OCH3 is 1. The first-order valence-electron chi connectivity index (χ1n) is 6.60. The molecular weight excluding hydrogens is 362 g/mol. The van der Waals surface area contributed by atoms with Crippen LogP contribution in [0.3, 0.4) is 0 Å². The fourth-order valence-corrected chi connectivity index (χ4v) is 4.27. The molecule has 1 saturated heterocycles. The predicted molar refractivity (Wildman–Crippen MR) is 81.2 cm³/mol. The summed E-state index contributed by atoms with van der Waals surface area (Å²) in [7, 11) is -1.47. The lowest BCUT2D eigenvalue weighted by atomic mass is 10.1. The summed E-state index contributed by atoms with van der Waals surface area (Å²) in [5, 5.41) is 7.21. The predicted octanol–water partition coefficient (Wildman–Crippen LogP) is 0.251. The largest absolute Gasteiger partial charge is 0.383 e. The van der Waals surface area contributed by atoms with E-state index in [1.807, 2.05) is 0 Å². The van der Waals surface area contributed by atoms with Crippen LogP contribution in [0.4, 0.5) is 0 Å². The molecule has 0 aromatic carbocycles. The van der Waals surface area contributed by atoms with Crippen LogP contribution in [0.5, 0.6) is 0 Å². The molecule has 0 bridgehead atoms. The van der Waals surface area contributed by atoms with Gasteiger partial charge in [-0.05, 0) is 15.9 Å². The van der Waals surface area contributed by atoms with Gasteiger partial charge in [0.25, 0.3) is 0 Å². The molecule has 118 valence electrons. The number of hydrogen-bond donors (Lipinski definition) is 1. The van der Waals surface area contributed by atoms with Crippen molar-refractivity contribution in [3.63, 3.8) is 0 Å². The molecule has 0 radical (unpaired) electrons. The molecule has 7 nitrogen and oxygen atoms in total. The van der Waals surface area contributed by atoms with Gasteiger partial charge >= 0.3 is 0 Å². The molecule has 2 rings (SSSR count). The van der Waals surface area contributed by atoms with Crippen molar-refractivity contribution < 1.29 is 17.9 Å². The first-order valence-corrected chi connectivity index (χ1v) is 9.21. The average molecular weight is 380 g/mol. The summed E-state index contributed by atoms with van der Waals surface area (Å²) in [5.74, 6) is 0.000459. The molecule has 1 atom stereocenters. The van der Waals surface area contributed by atoms with Crippen molar-refractivity contribution in [3.8, 4) is 0 Å². The summed E-state index contributed by atoms with van der Waals surface area (Å²) in [6, 6.07) is -0.339. The molecule has 1 aliphatic rings. The molecule has 0 aliphatic carbocycles. The van der Waals surface area contributed by atoms with Crippen molar-refractivity contribution in [1.29, 1.82) is 0 Å². The minimum atomic E-state index is -3.05. The molecule has 2 heterocycles. The van der Waals surface area contributed by atoms with E-state index >= 15 is 0 Å². The van der Waals surface area contributed by atoms with Crippen LogP contribution >= 0.6 is 15.9 Å². The number of ketones is 1. The number of ether oxygens (including phenoxy) is 1. The summed E-state index contributed by atoms with van der Waals surface area (Å²) in [4.78, 5) is 12.4. The van der Waals surface area contributed by atoms with Gasteiger partial charge < -0.3 is 10.1 Å². The Kier molecular flexibility index (Phi) is 5.53. The quantitative estimate of drug-likeness (QED) is 0.712. The highest BCUT2D eigenvalue weighted by Gasteiger charge is 2.28. The molecule has 9 heteroatoms. The van der Waals surface area contributed by atoms with E-state index in [2.05, 4.69) is 26.3 Å². The van der Waals surface area contributed by atoms with Crippen LogP contribution in [0.1, 0.15) is 16.9 Å². The van der Waals surface area contributed by atoms with Gasteiger partial charge in [-0.25, -0.2) is 8.42 Å². The fraction of sp³-hybridized carbons (Fsp3) is 0.667. The Morgan fingerprint density at radius 3 is 3.05 bits per heavy atom. The summed E-state index contributed by atoms with van der Waals surface area (Å²) in [5.41, 5.74) is 0.455. The SMILES string of the molecule is COCCn1ncc(Br)c1C(=O)CC1CS(=O)(=O)CCN1. The summed E-state index contributed by atoms with van der Waals surface area (Å²) >= 11 is 3.31. The normalized spacial score (nSPS) is 21.3. The van der Waals surface area contributed by atoms with Gasteiger partial charge in [0.2, 0.25) is 0 Å². The third-order valence-corrected chi connectivity index (χ3v) is 5.62. The molecule has 1 unspecified atom stereocenters. The van der Waals surface area contributed by atoms with Crippen molar-refractivity contribution in [3.05, 3.63) is 16.4 Å². The lowest BCUT2D eigenvalue weighted by molar-refractivity contribution is 0.0957. The molecule has 0 spiro atoms. The van der Waals surface area contributed by atoms with Crippen molar-refractivity contribution in [2.24, 2.45) is 0 Å². The number of nitrogens with zero attached hydrogens (tertiary/aromatic N) is 2. The van der Waals surface area contributed by atoms with Crippen LogP contribution in [0, 0.1) is 0 Å². The van der Waals surface area contributed by atoms with E-state index in [0.717, 1.165) is 0 Å². The maximum atomic E-state index is 12.4. The first kappa shape index (κ1) is 16.6. The summed E-state index contributed by atoms with van der Waals surface area (Å²) in [6.07, 6.45) is 1.70. The van der Waals surface area contributed by atoms with E-state index in [-0.39, 0.29) is 29.8 Å². The standard InChI is InChI=1S/C12H18BrN3O4S/c1-20-4-3-16-12(10(13)7-15-16)11(17)6-9-8-21(18,19)5-2-14-9/h7,9,14H,2-6,8H2,1H3. The van der Waals surface area contributed by atoms with Gasteiger partial charge in [0.1, 0.15) is 5.69 Å². The number of Topliss-reactive ketones (excluding diaryl/α,β-unsaturated/α-hetero) is 1. The second kappa shape index (κ2) is 6.99. The molecule has 0 amide bonds. The average Bonchev–Trinajstić information content (AvgIpc) is 2.76. The van der Waals surface area contributed by atoms with E-state index < -0.39 is 9.84 Å². The van der Waals surface area contributed by atoms with Crippen LogP contribution in [-0.4, -0.2) is 61.8 Å². The topological polar surface area (TPSA) is 90.3 Å². The molecule has 1 aromatic rings. The van der Waals surface area contributed by atoms with E-state index in [1.54, 1.807) is 18.0 Å². The van der Waals surface area contributed by atoms with Crippen LogP contribution in [0.15, 0.2) is 10.7 Å². The van der Waals surface area contributed by atoms with E-state index in [0.29, 0.717) is 29.9 Å². The molecule has 0 saturated carbocycles. The second-order valence-electron chi connectivity index (χ2n) is 4.95. The number of nitrogens with one attached hydrogen (secondary N) is 1. The summed E-state index contributed by atoms with van der Waals surface area (Å²) in [6.45, 7) is 1.31. The van der Waals surface area contributed by atoms with Gasteiger partial charge in [0.15, 0.2) is 15.6 Å². The van der Waals surface area contributed by atoms with Gasteiger partial charge in [-0.1, -0.05) is 0 Å². The van der Waals surface area contributed by atoms with Crippen molar-refractivity contribution in [2.45, 2.75) is 19.0 Å². The number of rotatable bonds is 6. The van der Waals surface area contributed by atoms with E-state index in [9.17, 15) is 13.2 Å². The zero-order valence-corrected chi connectivity index (χ0v) is 14.1. The number of carbonyl (C=O) groups is 1. The maximum absolute atomic E-state index is 12.4.